The second kappa shape index (κ2) is 6.35. The number of nitrogens with one attached hydrogen (secondary N) is 1. The van der Waals surface area contributed by atoms with Crippen LogP contribution in [-0.4, -0.2) is 15.5 Å². The standard InChI is InChI=1S/C19H21N3O2/c1-12-13(2)24-14(3)18(12)19(23)21-17-7-5-16(6-8-17)11-22-10-9-20-15(22)4/h5-10H,11H2,1-4H3,(H,21,23). The van der Waals surface area contributed by atoms with E-state index < -0.39 is 0 Å². The van der Waals surface area contributed by atoms with Gasteiger partial charge in [0.05, 0.1) is 5.56 Å². The molecule has 3 aromatic rings. The molecule has 0 radical (unpaired) electrons. The molecule has 0 atom stereocenters. The Hall–Kier alpha value is -2.82. The molecule has 1 aromatic carbocycles. The van der Waals surface area contributed by atoms with E-state index in [1.165, 1.54) is 0 Å². The molecule has 3 rings (SSSR count). The number of furan rings is 1. The third-order valence-corrected chi connectivity index (χ3v) is 4.28. The number of anilines is 1. The van der Waals surface area contributed by atoms with Crippen LogP contribution in [0.4, 0.5) is 5.69 Å². The van der Waals surface area contributed by atoms with E-state index in [1.54, 1.807) is 6.20 Å². The first-order valence-corrected chi connectivity index (χ1v) is 7.90. The molecule has 1 amide bonds. The monoisotopic (exact) mass is 323 g/mol. The molecule has 0 aliphatic rings. The van der Waals surface area contributed by atoms with Gasteiger partial charge >= 0.3 is 0 Å². The van der Waals surface area contributed by atoms with Gasteiger partial charge in [-0.1, -0.05) is 12.1 Å². The summed E-state index contributed by atoms with van der Waals surface area (Å²) in [5.74, 6) is 2.27. The van der Waals surface area contributed by atoms with E-state index in [2.05, 4.69) is 14.9 Å². The summed E-state index contributed by atoms with van der Waals surface area (Å²) in [6.45, 7) is 8.32. The molecule has 1 N–H and O–H groups in total. The number of hydrogen-bond donors (Lipinski definition) is 1. The number of benzene rings is 1. The Bertz CT molecular complexity index is 873. The lowest BCUT2D eigenvalue weighted by atomic mass is 10.1. The first kappa shape index (κ1) is 16.1. The highest BCUT2D eigenvalue weighted by atomic mass is 16.3. The molecular formula is C19H21N3O2. The Morgan fingerprint density at radius 1 is 1.12 bits per heavy atom. The van der Waals surface area contributed by atoms with Crippen LogP contribution in [-0.2, 0) is 6.54 Å². The van der Waals surface area contributed by atoms with Crippen molar-refractivity contribution >= 4 is 11.6 Å². The third kappa shape index (κ3) is 3.11. The number of carbonyl (C=O) groups excluding carboxylic acids is 1. The van der Waals surface area contributed by atoms with Gasteiger partial charge < -0.3 is 14.3 Å². The van der Waals surface area contributed by atoms with Crippen LogP contribution < -0.4 is 5.32 Å². The zero-order chi connectivity index (χ0) is 17.3. The quantitative estimate of drug-likeness (QED) is 0.789. The third-order valence-electron chi connectivity index (χ3n) is 4.28. The van der Waals surface area contributed by atoms with Crippen LogP contribution in [0.2, 0.25) is 0 Å². The molecule has 0 saturated heterocycles. The highest BCUT2D eigenvalue weighted by molar-refractivity contribution is 6.06. The average Bonchev–Trinajstić information content (AvgIpc) is 3.05. The first-order valence-electron chi connectivity index (χ1n) is 7.90. The van der Waals surface area contributed by atoms with Crippen molar-refractivity contribution in [2.24, 2.45) is 0 Å². The topological polar surface area (TPSA) is 60.1 Å². The zero-order valence-electron chi connectivity index (χ0n) is 14.4. The summed E-state index contributed by atoms with van der Waals surface area (Å²) in [7, 11) is 0. The Labute approximate surface area is 141 Å². The Morgan fingerprint density at radius 2 is 1.83 bits per heavy atom. The van der Waals surface area contributed by atoms with E-state index in [0.29, 0.717) is 11.3 Å². The molecule has 0 aliphatic heterocycles. The SMILES string of the molecule is Cc1oc(C)c(C(=O)Nc2ccc(Cn3ccnc3C)cc2)c1C. The fourth-order valence-corrected chi connectivity index (χ4v) is 2.78. The van der Waals surface area contributed by atoms with Gasteiger partial charge in [-0.05, 0) is 45.4 Å². The Balaban J connectivity index is 1.72. The van der Waals surface area contributed by atoms with Crippen LogP contribution in [0, 0.1) is 27.7 Å². The highest BCUT2D eigenvalue weighted by Gasteiger charge is 2.18. The number of nitrogens with zero attached hydrogens (tertiary/aromatic N) is 2. The van der Waals surface area contributed by atoms with Gasteiger partial charge in [0.2, 0.25) is 0 Å². The molecule has 2 aromatic heterocycles. The molecule has 2 heterocycles. The number of hydrogen-bond acceptors (Lipinski definition) is 3. The average molecular weight is 323 g/mol. The molecule has 0 fully saturated rings. The van der Waals surface area contributed by atoms with Crippen LogP contribution in [0.5, 0.6) is 0 Å². The number of rotatable bonds is 4. The minimum absolute atomic E-state index is 0.139. The van der Waals surface area contributed by atoms with Gasteiger partial charge in [-0.25, -0.2) is 4.98 Å². The number of aryl methyl sites for hydroxylation is 3. The normalized spacial score (nSPS) is 10.8. The van der Waals surface area contributed by atoms with Crippen LogP contribution in [0.3, 0.4) is 0 Å². The molecular weight excluding hydrogens is 302 g/mol. The van der Waals surface area contributed by atoms with Gasteiger partial charge in [-0.15, -0.1) is 0 Å². The van der Waals surface area contributed by atoms with Gasteiger partial charge in [0.1, 0.15) is 17.3 Å². The minimum atomic E-state index is -0.139. The summed E-state index contributed by atoms with van der Waals surface area (Å²) < 4.78 is 7.60. The molecule has 124 valence electrons. The minimum Gasteiger partial charge on any atom is -0.466 e. The van der Waals surface area contributed by atoms with E-state index in [0.717, 1.165) is 34.9 Å². The smallest absolute Gasteiger partial charge is 0.259 e. The van der Waals surface area contributed by atoms with Gasteiger partial charge in [0, 0.05) is 30.2 Å². The number of carbonyl (C=O) groups is 1. The van der Waals surface area contributed by atoms with Crippen LogP contribution >= 0.6 is 0 Å². The second-order valence-corrected chi connectivity index (χ2v) is 5.97. The van der Waals surface area contributed by atoms with Gasteiger partial charge in [-0.2, -0.15) is 0 Å². The lowest BCUT2D eigenvalue weighted by molar-refractivity contribution is 0.102. The summed E-state index contributed by atoms with van der Waals surface area (Å²) in [5.41, 5.74) is 3.42. The molecule has 5 heteroatoms. The van der Waals surface area contributed by atoms with E-state index in [1.807, 2.05) is 58.2 Å². The zero-order valence-corrected chi connectivity index (χ0v) is 14.4. The van der Waals surface area contributed by atoms with Crippen molar-refractivity contribution < 1.29 is 9.21 Å². The van der Waals surface area contributed by atoms with Crippen molar-refractivity contribution in [2.75, 3.05) is 5.32 Å². The van der Waals surface area contributed by atoms with Crippen molar-refractivity contribution in [3.05, 3.63) is 70.7 Å². The predicted octanol–water partition coefficient (Wildman–Crippen LogP) is 4.01. The number of aromatic nitrogens is 2. The summed E-state index contributed by atoms with van der Waals surface area (Å²) in [4.78, 5) is 16.7. The number of imidazole rings is 1. The molecule has 0 bridgehead atoms. The van der Waals surface area contributed by atoms with E-state index in [9.17, 15) is 4.79 Å². The summed E-state index contributed by atoms with van der Waals surface area (Å²) in [5, 5.41) is 2.93. The van der Waals surface area contributed by atoms with Crippen molar-refractivity contribution in [1.82, 2.24) is 9.55 Å². The molecule has 5 nitrogen and oxygen atoms in total. The van der Waals surface area contributed by atoms with Crippen LogP contribution in [0.1, 0.15) is 38.8 Å². The maximum absolute atomic E-state index is 12.5. The van der Waals surface area contributed by atoms with Crippen LogP contribution in [0.25, 0.3) is 0 Å². The lowest BCUT2D eigenvalue weighted by Gasteiger charge is -2.08. The van der Waals surface area contributed by atoms with Crippen molar-refractivity contribution in [3.63, 3.8) is 0 Å². The van der Waals surface area contributed by atoms with E-state index in [-0.39, 0.29) is 5.91 Å². The first-order chi connectivity index (χ1) is 11.5. The fourth-order valence-electron chi connectivity index (χ4n) is 2.78. The summed E-state index contributed by atoms with van der Waals surface area (Å²) in [6, 6.07) is 7.85. The maximum atomic E-state index is 12.5. The maximum Gasteiger partial charge on any atom is 0.259 e. The van der Waals surface area contributed by atoms with Crippen LogP contribution in [0.15, 0.2) is 41.1 Å². The lowest BCUT2D eigenvalue weighted by Crippen LogP contribution is -2.13. The predicted molar refractivity (Wildman–Crippen MR) is 93.4 cm³/mol. The van der Waals surface area contributed by atoms with E-state index in [4.69, 9.17) is 4.42 Å². The number of amides is 1. The van der Waals surface area contributed by atoms with Gasteiger partial charge in [0.25, 0.3) is 5.91 Å². The van der Waals surface area contributed by atoms with E-state index >= 15 is 0 Å². The summed E-state index contributed by atoms with van der Waals surface area (Å²) in [6.07, 6.45) is 3.75. The van der Waals surface area contributed by atoms with Crippen molar-refractivity contribution in [1.29, 1.82) is 0 Å². The molecule has 0 unspecified atom stereocenters. The van der Waals surface area contributed by atoms with Crippen molar-refractivity contribution in [3.8, 4) is 0 Å². The largest absolute Gasteiger partial charge is 0.466 e. The molecule has 0 saturated carbocycles. The molecule has 0 spiro atoms. The van der Waals surface area contributed by atoms with Gasteiger partial charge in [-0.3, -0.25) is 4.79 Å². The fraction of sp³-hybridized carbons (Fsp3) is 0.263. The molecule has 24 heavy (non-hydrogen) atoms. The Morgan fingerprint density at radius 3 is 2.38 bits per heavy atom. The highest BCUT2D eigenvalue weighted by Crippen LogP contribution is 2.22. The Kier molecular flexibility index (Phi) is 4.25. The molecule has 0 aliphatic carbocycles. The van der Waals surface area contributed by atoms with Gasteiger partial charge in [0.15, 0.2) is 0 Å². The van der Waals surface area contributed by atoms with Crippen molar-refractivity contribution in [2.45, 2.75) is 34.2 Å². The summed E-state index contributed by atoms with van der Waals surface area (Å²) >= 11 is 0. The second-order valence-electron chi connectivity index (χ2n) is 5.97.